The zero-order valence-electron chi connectivity index (χ0n) is 16.8. The summed E-state index contributed by atoms with van der Waals surface area (Å²) >= 11 is -1.80. The molecule has 2 aromatic rings. The third-order valence-corrected chi connectivity index (χ3v) is 25.9. The maximum atomic E-state index is 2.54. The zero-order chi connectivity index (χ0) is 17.9. The minimum Gasteiger partial charge on any atom is -1.00 e. The summed E-state index contributed by atoms with van der Waals surface area (Å²) in [4.78, 5) is 0. The third-order valence-electron chi connectivity index (χ3n) is 5.67. The summed E-state index contributed by atoms with van der Waals surface area (Å²) in [6, 6.07) is 19.4. The van der Waals surface area contributed by atoms with Crippen LogP contribution in [0.15, 0.2) is 64.0 Å². The molecule has 0 atom stereocenters. The number of fused-ring (bicyclic) bond motifs is 3. The number of halogens is 2. The number of allylic oxidation sites excluding steroid dienone is 4. The summed E-state index contributed by atoms with van der Waals surface area (Å²) in [5.74, 6) is 0. The Morgan fingerprint density at radius 3 is 2.29 bits per heavy atom. The van der Waals surface area contributed by atoms with Crippen LogP contribution < -0.4 is 28.1 Å². The molecule has 0 bridgehead atoms. The molecule has 0 radical (unpaired) electrons. The maximum absolute atomic E-state index is 2.54. The first-order valence-corrected chi connectivity index (χ1v) is 18.2. The maximum Gasteiger partial charge on any atom is -1.00 e. The molecule has 2 aromatic carbocycles. The van der Waals surface area contributed by atoms with Crippen molar-refractivity contribution >= 4 is 8.70 Å². The molecule has 0 spiro atoms. The fourth-order valence-electron chi connectivity index (χ4n) is 4.59. The van der Waals surface area contributed by atoms with Crippen LogP contribution in [0.3, 0.4) is 0 Å². The van der Waals surface area contributed by atoms with Gasteiger partial charge in [-0.1, -0.05) is 0 Å². The summed E-state index contributed by atoms with van der Waals surface area (Å²) in [6.07, 6.45) is 12.4. The Hall–Kier alpha value is -0.400. The minimum absolute atomic E-state index is 0. The molecule has 0 saturated heterocycles. The molecule has 2 aliphatic rings. The van der Waals surface area contributed by atoms with Gasteiger partial charge in [-0.15, -0.1) is 0 Å². The normalized spacial score (nSPS) is 12.8. The predicted octanol–water partition coefficient (Wildman–Crippen LogP) is 0.165. The largest absolute Gasteiger partial charge is 1.00 e. The number of benzene rings is 2. The smallest absolute Gasteiger partial charge is 1.00 e. The van der Waals surface area contributed by atoms with E-state index in [1.54, 1.807) is 5.56 Å². The van der Waals surface area contributed by atoms with E-state index in [0.717, 1.165) is 0 Å². The van der Waals surface area contributed by atoms with Crippen LogP contribution in [0.1, 0.15) is 44.2 Å². The van der Waals surface area contributed by atoms with Gasteiger partial charge in [-0.25, -0.2) is 0 Å². The van der Waals surface area contributed by atoms with Crippen molar-refractivity contribution in [2.24, 2.45) is 0 Å². The van der Waals surface area contributed by atoms with E-state index in [2.05, 4.69) is 74.5 Å². The van der Waals surface area contributed by atoms with Gasteiger partial charge in [-0.3, -0.25) is 0 Å². The molecule has 0 fully saturated rings. The first-order valence-electron chi connectivity index (χ1n) is 10.1. The Kier molecular flexibility index (Phi) is 9.48. The predicted molar refractivity (Wildman–Crippen MR) is 112 cm³/mol. The van der Waals surface area contributed by atoms with Crippen molar-refractivity contribution in [1.29, 1.82) is 0 Å². The van der Waals surface area contributed by atoms with Crippen LogP contribution in [-0.4, -0.2) is 5.43 Å². The molecule has 0 nitrogen and oxygen atoms in total. The van der Waals surface area contributed by atoms with Crippen LogP contribution in [0.2, 0.25) is 12.1 Å². The van der Waals surface area contributed by atoms with Gasteiger partial charge in [-0.05, 0) is 0 Å². The van der Waals surface area contributed by atoms with Crippen LogP contribution in [0.5, 0.6) is 0 Å². The van der Waals surface area contributed by atoms with Gasteiger partial charge in [0.05, 0.1) is 0 Å². The van der Waals surface area contributed by atoms with Crippen molar-refractivity contribution in [3.63, 3.8) is 0 Å². The Morgan fingerprint density at radius 2 is 1.61 bits per heavy atom. The molecule has 0 saturated carbocycles. The molecule has 0 aromatic heterocycles. The average molecular weight is 507 g/mol. The molecule has 4 heteroatoms. The summed E-state index contributed by atoms with van der Waals surface area (Å²) in [5.41, 5.74) is 6.03. The molecule has 0 unspecified atom stereocenters. The van der Waals surface area contributed by atoms with Gasteiger partial charge in [-0.2, -0.15) is 0 Å². The van der Waals surface area contributed by atoms with Gasteiger partial charge in [0, 0.05) is 0 Å². The summed E-state index contributed by atoms with van der Waals surface area (Å²) in [7, 11) is 0. The summed E-state index contributed by atoms with van der Waals surface area (Å²) in [6.45, 7) is 4.79. The average Bonchev–Trinajstić information content (AvgIpc) is 3.30. The van der Waals surface area contributed by atoms with Crippen LogP contribution in [0.25, 0.3) is 11.1 Å². The molecule has 0 amide bonds. The second kappa shape index (κ2) is 11.1. The summed E-state index contributed by atoms with van der Waals surface area (Å²) in [5, 5.41) is 0. The topological polar surface area (TPSA) is 0 Å². The van der Waals surface area contributed by atoms with Crippen molar-refractivity contribution in [2.45, 2.75) is 51.6 Å². The molecule has 4 rings (SSSR count). The first kappa shape index (κ1) is 23.9. The van der Waals surface area contributed by atoms with E-state index in [-0.39, 0.29) is 30.2 Å². The van der Waals surface area contributed by atoms with E-state index < -0.39 is 20.4 Å². The monoisotopic (exact) mass is 504 g/mol. The molecule has 146 valence electrons. The van der Waals surface area contributed by atoms with Crippen molar-refractivity contribution in [3.05, 3.63) is 75.1 Å². The van der Waals surface area contributed by atoms with Gasteiger partial charge in [0.15, 0.2) is 0 Å². The first-order chi connectivity index (χ1) is 12.8. The van der Waals surface area contributed by atoms with Crippen molar-refractivity contribution < 1.29 is 45.2 Å². The van der Waals surface area contributed by atoms with Crippen molar-refractivity contribution in [1.82, 2.24) is 0 Å². The number of hydrogen-bond acceptors (Lipinski definition) is 0. The minimum atomic E-state index is -1.80. The Labute approximate surface area is 190 Å². The quantitative estimate of drug-likeness (QED) is 0.418. The molecular weight excluding hydrogens is 478 g/mol. The SMILES string of the molecule is CCC[Si](CCC)=[Zr+2]([C]1=CC=CC1)[c]1cccc2c1Cc1ccccc1-2.[Cl-].[Cl-]. The Bertz CT molecular complexity index is 920. The fraction of sp³-hybridized carbons (Fsp3) is 0.333. The zero-order valence-corrected chi connectivity index (χ0v) is 21.7. The third kappa shape index (κ3) is 4.67. The Balaban J connectivity index is 0.00000140. The molecule has 28 heavy (non-hydrogen) atoms. The number of hydrogen-bond donors (Lipinski definition) is 0. The van der Waals surface area contributed by atoms with Gasteiger partial charge in [0.1, 0.15) is 0 Å². The second-order valence-corrected chi connectivity index (χ2v) is 22.6. The van der Waals surface area contributed by atoms with E-state index in [0.29, 0.717) is 0 Å². The van der Waals surface area contributed by atoms with E-state index in [1.807, 2.05) is 6.55 Å². The van der Waals surface area contributed by atoms with Gasteiger partial charge < -0.3 is 24.8 Å². The molecule has 2 aliphatic carbocycles. The Morgan fingerprint density at radius 1 is 0.893 bits per heavy atom. The standard InChI is InChI=1S/C13H9.C6H14Si.C5H5.2ClH.Zr/c1-3-7-12-10(5-1)9-11-6-2-4-8-13(11)12;1-3-5-7-6-4-2;1-2-4-5-3-1;;;/h1-5,7-8H,9H2;3-6H2,1-2H3;1-3H,4H2;2*1H;/q;;;;;+2/p-2. The van der Waals surface area contributed by atoms with Crippen molar-refractivity contribution in [2.75, 3.05) is 0 Å². The van der Waals surface area contributed by atoms with Gasteiger partial charge >= 0.3 is 167 Å². The van der Waals surface area contributed by atoms with Gasteiger partial charge in [0.2, 0.25) is 0 Å². The summed E-state index contributed by atoms with van der Waals surface area (Å²) < 4.78 is 3.71. The second-order valence-electron chi connectivity index (χ2n) is 7.47. The van der Waals surface area contributed by atoms with Gasteiger partial charge in [0.25, 0.3) is 0 Å². The van der Waals surface area contributed by atoms with Crippen LogP contribution in [-0.2, 0) is 26.8 Å². The van der Waals surface area contributed by atoms with E-state index in [9.17, 15) is 0 Å². The molecule has 0 aliphatic heterocycles. The van der Waals surface area contributed by atoms with Crippen LogP contribution in [0.4, 0.5) is 0 Å². The van der Waals surface area contributed by atoms with E-state index >= 15 is 0 Å². The van der Waals surface area contributed by atoms with E-state index in [4.69, 9.17) is 0 Å². The fourth-order valence-corrected chi connectivity index (χ4v) is 27.6. The molecule has 0 heterocycles. The molecular formula is C24H28Cl2SiZr. The number of rotatable bonds is 6. The van der Waals surface area contributed by atoms with E-state index in [1.165, 1.54) is 54.5 Å². The van der Waals surface area contributed by atoms with Crippen LogP contribution in [0, 0.1) is 0 Å². The van der Waals surface area contributed by atoms with Crippen LogP contribution >= 0.6 is 0 Å². The van der Waals surface area contributed by atoms with Crippen molar-refractivity contribution in [3.8, 4) is 11.1 Å². The molecule has 0 N–H and O–H groups in total.